The first-order chi connectivity index (χ1) is 10.2. The molecule has 4 nitrogen and oxygen atoms in total. The molecule has 1 aromatic heterocycles. The molecule has 3 rings (SSSR count). The molecule has 3 aromatic rings. The third-order valence-corrected chi connectivity index (χ3v) is 3.46. The topological polar surface area (TPSA) is 47.8 Å². The number of hydrogen-bond acceptors (Lipinski definition) is 3. The smallest absolute Gasteiger partial charge is 0.172 e. The van der Waals surface area contributed by atoms with Crippen molar-refractivity contribution in [3.63, 3.8) is 0 Å². The van der Waals surface area contributed by atoms with Crippen molar-refractivity contribution in [1.29, 1.82) is 0 Å². The van der Waals surface area contributed by atoms with Crippen molar-refractivity contribution in [1.82, 2.24) is 15.0 Å². The number of hydrogen-bond donors (Lipinski definition) is 0. The van der Waals surface area contributed by atoms with E-state index in [-0.39, 0.29) is 0 Å². The molecule has 0 fully saturated rings. The Hall–Kier alpha value is -2.46. The summed E-state index contributed by atoms with van der Waals surface area (Å²) in [5.74, 6) is 0. The van der Waals surface area contributed by atoms with Crippen LogP contribution in [0, 0.1) is 6.92 Å². The Morgan fingerprint density at radius 1 is 1.05 bits per heavy atom. The van der Waals surface area contributed by atoms with Gasteiger partial charge in [0.2, 0.25) is 0 Å². The molecule has 5 heteroatoms. The lowest BCUT2D eigenvalue weighted by Gasteiger charge is -2.07. The van der Waals surface area contributed by atoms with Crippen LogP contribution in [0.4, 0.5) is 0 Å². The van der Waals surface area contributed by atoms with Crippen LogP contribution >= 0.6 is 11.6 Å². The standard InChI is InChI=1S/C16H12ClN3O/c1-11-2-4-12(5-3-11)16-15(10-21)18-19-20(16)14-8-6-13(17)7-9-14/h2-10H,1H3. The van der Waals surface area contributed by atoms with E-state index in [4.69, 9.17) is 11.6 Å². The van der Waals surface area contributed by atoms with E-state index in [1.54, 1.807) is 16.8 Å². The average Bonchev–Trinajstić information content (AvgIpc) is 2.93. The van der Waals surface area contributed by atoms with Crippen molar-refractivity contribution < 1.29 is 4.79 Å². The van der Waals surface area contributed by atoms with Crippen molar-refractivity contribution in [2.75, 3.05) is 0 Å². The van der Waals surface area contributed by atoms with Crippen molar-refractivity contribution in [2.24, 2.45) is 0 Å². The summed E-state index contributed by atoms with van der Waals surface area (Å²) in [7, 11) is 0. The van der Waals surface area contributed by atoms with Gasteiger partial charge in [-0.3, -0.25) is 4.79 Å². The molecule has 21 heavy (non-hydrogen) atoms. The second-order valence-electron chi connectivity index (χ2n) is 4.70. The first-order valence-electron chi connectivity index (χ1n) is 6.43. The van der Waals surface area contributed by atoms with Gasteiger partial charge in [-0.15, -0.1) is 5.10 Å². The summed E-state index contributed by atoms with van der Waals surface area (Å²) < 4.78 is 1.64. The highest BCUT2D eigenvalue weighted by Crippen LogP contribution is 2.25. The minimum Gasteiger partial charge on any atom is -0.296 e. The van der Waals surface area contributed by atoms with Gasteiger partial charge in [0.25, 0.3) is 0 Å². The zero-order valence-electron chi connectivity index (χ0n) is 11.3. The molecule has 104 valence electrons. The predicted molar refractivity (Wildman–Crippen MR) is 81.9 cm³/mol. The summed E-state index contributed by atoms with van der Waals surface area (Å²) >= 11 is 5.90. The maximum Gasteiger partial charge on any atom is 0.172 e. The molecule has 0 saturated heterocycles. The van der Waals surface area contributed by atoms with Gasteiger partial charge in [0.05, 0.1) is 5.69 Å². The van der Waals surface area contributed by atoms with Crippen molar-refractivity contribution in [2.45, 2.75) is 6.92 Å². The summed E-state index contributed by atoms with van der Waals surface area (Å²) in [5, 5.41) is 8.67. The first-order valence-corrected chi connectivity index (χ1v) is 6.80. The van der Waals surface area contributed by atoms with E-state index in [1.807, 2.05) is 43.3 Å². The largest absolute Gasteiger partial charge is 0.296 e. The Balaban J connectivity index is 2.18. The maximum atomic E-state index is 11.2. The van der Waals surface area contributed by atoms with Gasteiger partial charge in [0, 0.05) is 10.6 Å². The van der Waals surface area contributed by atoms with E-state index < -0.39 is 0 Å². The van der Waals surface area contributed by atoms with Gasteiger partial charge in [-0.1, -0.05) is 46.6 Å². The summed E-state index contributed by atoms with van der Waals surface area (Å²) in [6.45, 7) is 2.01. The van der Waals surface area contributed by atoms with E-state index >= 15 is 0 Å². The number of aromatic nitrogens is 3. The van der Waals surface area contributed by atoms with Gasteiger partial charge in [0.15, 0.2) is 12.0 Å². The fourth-order valence-corrected chi connectivity index (χ4v) is 2.24. The molecule has 0 unspecified atom stereocenters. The third kappa shape index (κ3) is 2.58. The first kappa shape index (κ1) is 13.5. The minimum absolute atomic E-state index is 0.314. The number of carbonyl (C=O) groups is 1. The van der Waals surface area contributed by atoms with E-state index in [0.29, 0.717) is 22.7 Å². The zero-order chi connectivity index (χ0) is 14.8. The quantitative estimate of drug-likeness (QED) is 0.692. The Kier molecular flexibility index (Phi) is 3.54. The third-order valence-electron chi connectivity index (χ3n) is 3.20. The van der Waals surface area contributed by atoms with Crippen LogP contribution in [0.2, 0.25) is 5.02 Å². The highest BCUT2D eigenvalue weighted by atomic mass is 35.5. The van der Waals surface area contributed by atoms with Gasteiger partial charge in [-0.05, 0) is 31.2 Å². The molecule has 0 aliphatic heterocycles. The molecule has 0 aliphatic rings. The van der Waals surface area contributed by atoms with Crippen LogP contribution in [0.1, 0.15) is 16.1 Å². The summed E-state index contributed by atoms with van der Waals surface area (Å²) in [6, 6.07) is 15.1. The molecular weight excluding hydrogens is 286 g/mol. The fraction of sp³-hybridized carbons (Fsp3) is 0.0625. The molecule has 1 heterocycles. The van der Waals surface area contributed by atoms with E-state index in [2.05, 4.69) is 10.3 Å². The number of benzene rings is 2. The van der Waals surface area contributed by atoms with Crippen molar-refractivity contribution in [3.8, 4) is 16.9 Å². The Labute approximate surface area is 127 Å². The predicted octanol–water partition coefficient (Wildman–Crippen LogP) is 3.71. The molecule has 0 amide bonds. The molecule has 0 atom stereocenters. The highest BCUT2D eigenvalue weighted by Gasteiger charge is 2.15. The number of aldehydes is 1. The molecule has 0 aliphatic carbocycles. The van der Waals surface area contributed by atoms with Gasteiger partial charge < -0.3 is 0 Å². The van der Waals surface area contributed by atoms with Crippen LogP contribution in [0.3, 0.4) is 0 Å². The number of aryl methyl sites for hydroxylation is 1. The lowest BCUT2D eigenvalue weighted by molar-refractivity contribution is 0.111. The molecule has 0 radical (unpaired) electrons. The fourth-order valence-electron chi connectivity index (χ4n) is 2.12. The maximum absolute atomic E-state index is 11.2. The van der Waals surface area contributed by atoms with E-state index in [9.17, 15) is 4.79 Å². The van der Waals surface area contributed by atoms with Crippen molar-refractivity contribution >= 4 is 17.9 Å². The van der Waals surface area contributed by atoms with Gasteiger partial charge in [-0.2, -0.15) is 0 Å². The van der Waals surface area contributed by atoms with Crippen LogP contribution in [0.5, 0.6) is 0 Å². The van der Waals surface area contributed by atoms with Gasteiger partial charge >= 0.3 is 0 Å². The van der Waals surface area contributed by atoms with Crippen LogP contribution < -0.4 is 0 Å². The Morgan fingerprint density at radius 2 is 1.71 bits per heavy atom. The SMILES string of the molecule is Cc1ccc(-c2c(C=O)nnn2-c2ccc(Cl)cc2)cc1. The number of rotatable bonds is 3. The van der Waals surface area contributed by atoms with Crippen molar-refractivity contribution in [3.05, 3.63) is 64.8 Å². The van der Waals surface area contributed by atoms with E-state index in [0.717, 1.165) is 16.8 Å². The second kappa shape index (κ2) is 5.50. The minimum atomic E-state index is 0.314. The van der Waals surface area contributed by atoms with Crippen LogP contribution in [-0.2, 0) is 0 Å². The molecule has 0 saturated carbocycles. The normalized spacial score (nSPS) is 10.6. The van der Waals surface area contributed by atoms with E-state index in [1.165, 1.54) is 0 Å². The zero-order valence-corrected chi connectivity index (χ0v) is 12.1. The van der Waals surface area contributed by atoms with Crippen LogP contribution in [0.25, 0.3) is 16.9 Å². The second-order valence-corrected chi connectivity index (χ2v) is 5.13. The molecule has 0 bridgehead atoms. The number of nitrogens with zero attached hydrogens (tertiary/aromatic N) is 3. The van der Waals surface area contributed by atoms with Gasteiger partial charge in [0.1, 0.15) is 5.69 Å². The molecule has 0 N–H and O–H groups in total. The Morgan fingerprint density at radius 3 is 2.33 bits per heavy atom. The summed E-state index contributed by atoms with van der Waals surface area (Å²) in [5.41, 5.74) is 3.83. The van der Waals surface area contributed by atoms with Gasteiger partial charge in [-0.25, -0.2) is 4.68 Å². The monoisotopic (exact) mass is 297 g/mol. The lowest BCUT2D eigenvalue weighted by Crippen LogP contribution is -2.00. The van der Waals surface area contributed by atoms with Crippen LogP contribution in [0.15, 0.2) is 48.5 Å². The molecule has 0 spiro atoms. The molecule has 2 aromatic carbocycles. The highest BCUT2D eigenvalue weighted by molar-refractivity contribution is 6.30. The number of carbonyl (C=O) groups excluding carboxylic acids is 1. The Bertz CT molecular complexity index is 776. The lowest BCUT2D eigenvalue weighted by atomic mass is 10.1. The summed E-state index contributed by atoms with van der Waals surface area (Å²) in [4.78, 5) is 11.2. The molecular formula is C16H12ClN3O. The average molecular weight is 298 g/mol. The van der Waals surface area contributed by atoms with Crippen LogP contribution in [-0.4, -0.2) is 21.3 Å². The summed E-state index contributed by atoms with van der Waals surface area (Å²) in [6.07, 6.45) is 0.717. The number of halogens is 1.